The molecule has 2 saturated heterocycles. The Kier molecular flexibility index (Phi) is 3.49. The van der Waals surface area contributed by atoms with Crippen LogP contribution in [0.5, 0.6) is 0 Å². The van der Waals surface area contributed by atoms with Crippen molar-refractivity contribution in [3.8, 4) is 0 Å². The van der Waals surface area contributed by atoms with Crippen LogP contribution in [0, 0.1) is 5.92 Å². The van der Waals surface area contributed by atoms with Crippen LogP contribution in [-0.2, 0) is 4.79 Å². The third-order valence-corrected chi connectivity index (χ3v) is 4.51. The quantitative estimate of drug-likeness (QED) is 0.837. The van der Waals surface area contributed by atoms with E-state index in [1.807, 2.05) is 0 Å². The third kappa shape index (κ3) is 2.94. The molecule has 21 heavy (non-hydrogen) atoms. The van der Waals surface area contributed by atoms with Crippen molar-refractivity contribution in [2.75, 3.05) is 19.6 Å². The van der Waals surface area contributed by atoms with Crippen LogP contribution in [0.25, 0.3) is 0 Å². The Morgan fingerprint density at radius 3 is 2.57 bits per heavy atom. The Labute approximate surface area is 120 Å². The maximum absolute atomic E-state index is 12.9. The van der Waals surface area contributed by atoms with Crippen LogP contribution in [-0.4, -0.2) is 59.6 Å². The minimum atomic E-state index is -4.40. The van der Waals surface area contributed by atoms with E-state index in [1.54, 1.807) is 4.90 Å². The van der Waals surface area contributed by atoms with E-state index < -0.39 is 24.2 Å². The number of urea groups is 1. The zero-order chi connectivity index (χ0) is 15.2. The molecular weight excluding hydrogens is 287 g/mol. The summed E-state index contributed by atoms with van der Waals surface area (Å²) in [5.41, 5.74) is 0. The number of carbonyl (C=O) groups excluding carboxylic acids is 2. The van der Waals surface area contributed by atoms with Crippen molar-refractivity contribution in [1.29, 1.82) is 0 Å². The van der Waals surface area contributed by atoms with Crippen molar-refractivity contribution < 1.29 is 22.8 Å². The Hall–Kier alpha value is -1.47. The van der Waals surface area contributed by atoms with Crippen LogP contribution < -0.4 is 5.32 Å². The Balaban J connectivity index is 1.59. The van der Waals surface area contributed by atoms with E-state index in [9.17, 15) is 22.8 Å². The Morgan fingerprint density at radius 1 is 1.24 bits per heavy atom. The molecule has 8 heteroatoms. The van der Waals surface area contributed by atoms with E-state index in [0.717, 1.165) is 0 Å². The first-order valence-corrected chi connectivity index (χ1v) is 7.28. The standard InChI is InChI=1S/C13H18F3N3O2/c14-13(15,16)11(8-1-2-8)17-12(21)18-5-6-19-9(7-18)3-4-10(19)20/h8-9,11H,1-7H2,(H,17,21). The number of amides is 3. The van der Waals surface area contributed by atoms with Gasteiger partial charge in [-0.2, -0.15) is 13.2 Å². The lowest BCUT2D eigenvalue weighted by Gasteiger charge is -2.38. The number of alkyl halides is 3. The molecule has 0 spiro atoms. The van der Waals surface area contributed by atoms with Gasteiger partial charge in [0.15, 0.2) is 0 Å². The SMILES string of the molecule is O=C(NC(C1CC1)C(F)(F)F)N1CCN2C(=O)CCC2C1. The first-order valence-electron chi connectivity index (χ1n) is 7.28. The number of halogens is 3. The predicted octanol–water partition coefficient (Wildman–Crippen LogP) is 1.34. The fourth-order valence-electron chi connectivity index (χ4n) is 3.17. The smallest absolute Gasteiger partial charge is 0.336 e. The van der Waals surface area contributed by atoms with Crippen molar-refractivity contribution in [2.45, 2.75) is 43.9 Å². The number of nitrogens with one attached hydrogen (secondary N) is 1. The molecule has 5 nitrogen and oxygen atoms in total. The van der Waals surface area contributed by atoms with Gasteiger partial charge in [0.05, 0.1) is 0 Å². The maximum atomic E-state index is 12.9. The molecule has 3 amide bonds. The topological polar surface area (TPSA) is 52.7 Å². The van der Waals surface area contributed by atoms with Crippen LogP contribution in [0.4, 0.5) is 18.0 Å². The van der Waals surface area contributed by atoms with Gasteiger partial charge in [0.1, 0.15) is 6.04 Å². The van der Waals surface area contributed by atoms with Gasteiger partial charge < -0.3 is 15.1 Å². The molecule has 2 aliphatic heterocycles. The van der Waals surface area contributed by atoms with Gasteiger partial charge in [-0.15, -0.1) is 0 Å². The monoisotopic (exact) mass is 305 g/mol. The highest BCUT2D eigenvalue weighted by Gasteiger charge is 2.50. The number of nitrogens with zero attached hydrogens (tertiary/aromatic N) is 2. The number of hydrogen-bond acceptors (Lipinski definition) is 2. The summed E-state index contributed by atoms with van der Waals surface area (Å²) in [7, 11) is 0. The van der Waals surface area contributed by atoms with Gasteiger partial charge in [-0.1, -0.05) is 0 Å². The van der Waals surface area contributed by atoms with Gasteiger partial charge in [-0.3, -0.25) is 4.79 Å². The minimum absolute atomic E-state index is 0.0396. The Morgan fingerprint density at radius 2 is 1.95 bits per heavy atom. The first kappa shape index (κ1) is 14.5. The molecule has 3 aliphatic rings. The van der Waals surface area contributed by atoms with Gasteiger partial charge in [-0.05, 0) is 25.2 Å². The molecule has 3 rings (SSSR count). The number of fused-ring (bicyclic) bond motifs is 1. The molecule has 0 bridgehead atoms. The zero-order valence-corrected chi connectivity index (χ0v) is 11.5. The van der Waals surface area contributed by atoms with Crippen LogP contribution in [0.15, 0.2) is 0 Å². The molecule has 2 atom stereocenters. The second-order valence-corrected chi connectivity index (χ2v) is 6.03. The van der Waals surface area contributed by atoms with E-state index in [-0.39, 0.29) is 11.9 Å². The van der Waals surface area contributed by atoms with E-state index in [4.69, 9.17) is 0 Å². The predicted molar refractivity (Wildman–Crippen MR) is 67.4 cm³/mol. The summed E-state index contributed by atoms with van der Waals surface area (Å²) in [4.78, 5) is 26.8. The van der Waals surface area contributed by atoms with E-state index in [1.165, 1.54) is 4.90 Å². The van der Waals surface area contributed by atoms with Crippen molar-refractivity contribution >= 4 is 11.9 Å². The molecule has 1 N–H and O–H groups in total. The molecule has 0 aromatic rings. The van der Waals surface area contributed by atoms with Gasteiger partial charge in [0, 0.05) is 32.1 Å². The van der Waals surface area contributed by atoms with E-state index >= 15 is 0 Å². The maximum Gasteiger partial charge on any atom is 0.408 e. The number of rotatable bonds is 2. The number of piperazine rings is 1. The minimum Gasteiger partial charge on any atom is -0.336 e. The normalized spacial score (nSPS) is 27.6. The van der Waals surface area contributed by atoms with Gasteiger partial charge in [-0.25, -0.2) is 4.79 Å². The van der Waals surface area contributed by atoms with Gasteiger partial charge in [0.25, 0.3) is 0 Å². The van der Waals surface area contributed by atoms with Crippen LogP contribution in [0.1, 0.15) is 25.7 Å². The second kappa shape index (κ2) is 5.06. The molecule has 2 heterocycles. The number of hydrogen-bond donors (Lipinski definition) is 1. The number of carbonyl (C=O) groups is 2. The van der Waals surface area contributed by atoms with Gasteiger partial charge in [0.2, 0.25) is 5.91 Å². The summed E-state index contributed by atoms with van der Waals surface area (Å²) in [6.07, 6.45) is -2.24. The first-order chi connectivity index (χ1) is 9.86. The highest BCUT2D eigenvalue weighted by molar-refractivity contribution is 5.80. The molecule has 0 aromatic carbocycles. The summed E-state index contributed by atoms with van der Waals surface area (Å²) in [5, 5.41) is 2.14. The average molecular weight is 305 g/mol. The van der Waals surface area contributed by atoms with Crippen LogP contribution in [0.2, 0.25) is 0 Å². The molecule has 1 aliphatic carbocycles. The molecule has 118 valence electrons. The lowest BCUT2D eigenvalue weighted by atomic mass is 10.1. The van der Waals surface area contributed by atoms with E-state index in [0.29, 0.717) is 45.3 Å². The summed E-state index contributed by atoms with van der Waals surface area (Å²) in [6.45, 7) is 1.03. The summed E-state index contributed by atoms with van der Waals surface area (Å²) in [6, 6.07) is -2.45. The largest absolute Gasteiger partial charge is 0.408 e. The lowest BCUT2D eigenvalue weighted by molar-refractivity contribution is -0.158. The highest BCUT2D eigenvalue weighted by atomic mass is 19.4. The molecule has 1 saturated carbocycles. The van der Waals surface area contributed by atoms with Crippen molar-refractivity contribution in [2.24, 2.45) is 5.92 Å². The van der Waals surface area contributed by atoms with Gasteiger partial charge >= 0.3 is 12.2 Å². The van der Waals surface area contributed by atoms with Crippen LogP contribution >= 0.6 is 0 Å². The molecule has 0 aromatic heterocycles. The summed E-state index contributed by atoms with van der Waals surface area (Å²) >= 11 is 0. The van der Waals surface area contributed by atoms with Crippen molar-refractivity contribution in [1.82, 2.24) is 15.1 Å². The highest BCUT2D eigenvalue weighted by Crippen LogP contribution is 2.40. The Bertz CT molecular complexity index is 450. The third-order valence-electron chi connectivity index (χ3n) is 4.51. The summed E-state index contributed by atoms with van der Waals surface area (Å²) < 4.78 is 38.8. The second-order valence-electron chi connectivity index (χ2n) is 6.03. The summed E-state index contributed by atoms with van der Waals surface area (Å²) in [5.74, 6) is -0.408. The fourth-order valence-corrected chi connectivity index (χ4v) is 3.17. The molecule has 0 radical (unpaired) electrons. The zero-order valence-electron chi connectivity index (χ0n) is 11.5. The molecular formula is C13H18F3N3O2. The fraction of sp³-hybridized carbons (Fsp3) is 0.846. The van der Waals surface area contributed by atoms with E-state index in [2.05, 4.69) is 5.32 Å². The van der Waals surface area contributed by atoms with Crippen molar-refractivity contribution in [3.05, 3.63) is 0 Å². The molecule has 3 fully saturated rings. The van der Waals surface area contributed by atoms with Crippen molar-refractivity contribution in [3.63, 3.8) is 0 Å². The van der Waals surface area contributed by atoms with Crippen LogP contribution in [0.3, 0.4) is 0 Å². The molecule has 2 unspecified atom stereocenters. The average Bonchev–Trinajstić information content (AvgIpc) is 3.18. The lowest BCUT2D eigenvalue weighted by Crippen LogP contribution is -2.58.